The highest BCUT2D eigenvalue weighted by molar-refractivity contribution is 6.30. The lowest BCUT2D eigenvalue weighted by Crippen LogP contribution is -2.34. The van der Waals surface area contributed by atoms with Crippen LogP contribution < -0.4 is 10.9 Å². The van der Waals surface area contributed by atoms with E-state index in [-0.39, 0.29) is 18.0 Å². The summed E-state index contributed by atoms with van der Waals surface area (Å²) in [6.07, 6.45) is 4.50. The van der Waals surface area contributed by atoms with Crippen molar-refractivity contribution < 1.29 is 4.79 Å². The molecule has 4 rings (SSSR count). The van der Waals surface area contributed by atoms with Crippen molar-refractivity contribution in [3.8, 4) is 11.5 Å². The smallest absolute Gasteiger partial charge is 0.280 e. The summed E-state index contributed by atoms with van der Waals surface area (Å²) in [5.74, 6) is 0.327. The first-order valence-corrected chi connectivity index (χ1v) is 10.0. The molecule has 1 aromatic carbocycles. The van der Waals surface area contributed by atoms with E-state index in [2.05, 4.69) is 15.5 Å². The van der Waals surface area contributed by atoms with Crippen LogP contribution in [0, 0.1) is 6.92 Å². The van der Waals surface area contributed by atoms with Gasteiger partial charge in [-0.3, -0.25) is 9.59 Å². The second-order valence-corrected chi connectivity index (χ2v) is 7.36. The Balaban J connectivity index is 1.94. The average Bonchev–Trinajstić information content (AvgIpc) is 3.38. The van der Waals surface area contributed by atoms with E-state index in [1.54, 1.807) is 23.7 Å². The number of carbonyl (C=O) groups excluding carboxylic acids is 1. The van der Waals surface area contributed by atoms with Crippen LogP contribution in [0.3, 0.4) is 0 Å². The minimum Gasteiger partial charge on any atom is -0.355 e. The maximum Gasteiger partial charge on any atom is 0.280 e. The third-order valence-corrected chi connectivity index (χ3v) is 4.96. The molecule has 154 valence electrons. The van der Waals surface area contributed by atoms with Crippen LogP contribution in [0.15, 0.2) is 53.6 Å². The number of benzene rings is 1. The van der Waals surface area contributed by atoms with Crippen LogP contribution in [0.25, 0.3) is 22.4 Å². The monoisotopic (exact) mass is 424 g/mol. The molecule has 3 heterocycles. The summed E-state index contributed by atoms with van der Waals surface area (Å²) in [5.41, 5.74) is 1.44. The number of aromatic nitrogens is 5. The highest BCUT2D eigenvalue weighted by Gasteiger charge is 2.22. The molecule has 0 atom stereocenters. The predicted molar refractivity (Wildman–Crippen MR) is 115 cm³/mol. The fraction of sp³-hybridized carbons (Fsp3) is 0.238. The molecule has 0 radical (unpaired) electrons. The first-order chi connectivity index (χ1) is 14.5. The van der Waals surface area contributed by atoms with Crippen molar-refractivity contribution in [1.29, 1.82) is 0 Å². The number of rotatable bonds is 6. The summed E-state index contributed by atoms with van der Waals surface area (Å²) in [7, 11) is 0. The van der Waals surface area contributed by atoms with E-state index in [1.807, 2.05) is 48.1 Å². The Morgan fingerprint density at radius 3 is 2.50 bits per heavy atom. The topological polar surface area (TPSA) is 86.7 Å². The number of aryl methyl sites for hydroxylation is 1. The van der Waals surface area contributed by atoms with E-state index in [0.29, 0.717) is 34.0 Å². The maximum absolute atomic E-state index is 13.3. The van der Waals surface area contributed by atoms with Gasteiger partial charge in [0.1, 0.15) is 17.4 Å². The first-order valence-electron chi connectivity index (χ1n) is 9.66. The van der Waals surface area contributed by atoms with Gasteiger partial charge < -0.3 is 9.88 Å². The van der Waals surface area contributed by atoms with Gasteiger partial charge in [0.15, 0.2) is 5.82 Å². The molecule has 9 heteroatoms. The Hall–Kier alpha value is -3.39. The molecule has 0 aliphatic heterocycles. The van der Waals surface area contributed by atoms with Crippen LogP contribution >= 0.6 is 11.6 Å². The molecule has 8 nitrogen and oxygen atoms in total. The van der Waals surface area contributed by atoms with E-state index in [9.17, 15) is 9.59 Å². The quantitative estimate of drug-likeness (QED) is 0.515. The van der Waals surface area contributed by atoms with Crippen LogP contribution in [0.4, 0.5) is 0 Å². The van der Waals surface area contributed by atoms with E-state index in [1.165, 1.54) is 4.68 Å². The van der Waals surface area contributed by atoms with Crippen molar-refractivity contribution >= 4 is 28.4 Å². The summed E-state index contributed by atoms with van der Waals surface area (Å²) in [6, 6.07) is 10.9. The van der Waals surface area contributed by atoms with Crippen molar-refractivity contribution in [3.63, 3.8) is 0 Å². The number of carbonyl (C=O) groups is 1. The molecule has 0 unspecified atom stereocenters. The molecule has 0 fully saturated rings. The third kappa shape index (κ3) is 3.61. The Bertz CT molecular complexity index is 1260. The highest BCUT2D eigenvalue weighted by atomic mass is 35.5. The molecule has 0 saturated carbocycles. The highest BCUT2D eigenvalue weighted by Crippen LogP contribution is 2.25. The molecule has 30 heavy (non-hydrogen) atoms. The molecule has 1 N–H and O–H groups in total. The molecular weight excluding hydrogens is 404 g/mol. The van der Waals surface area contributed by atoms with Crippen molar-refractivity contribution in [2.45, 2.75) is 26.8 Å². The van der Waals surface area contributed by atoms with Gasteiger partial charge in [0.25, 0.3) is 5.56 Å². The van der Waals surface area contributed by atoms with E-state index in [0.717, 1.165) is 12.1 Å². The summed E-state index contributed by atoms with van der Waals surface area (Å²) >= 11 is 6.04. The summed E-state index contributed by atoms with van der Waals surface area (Å²) in [5, 5.41) is 12.8. The van der Waals surface area contributed by atoms with Gasteiger partial charge in [-0.15, -0.1) is 0 Å². The van der Waals surface area contributed by atoms with Crippen molar-refractivity contribution in [2.24, 2.45) is 0 Å². The van der Waals surface area contributed by atoms with Crippen LogP contribution in [0.5, 0.6) is 0 Å². The summed E-state index contributed by atoms with van der Waals surface area (Å²) in [4.78, 5) is 25.5. The van der Waals surface area contributed by atoms with Crippen molar-refractivity contribution in [1.82, 2.24) is 29.4 Å². The van der Waals surface area contributed by atoms with Gasteiger partial charge >= 0.3 is 0 Å². The van der Waals surface area contributed by atoms with Crippen LogP contribution in [-0.2, 0) is 11.3 Å². The van der Waals surface area contributed by atoms with Crippen molar-refractivity contribution in [2.75, 3.05) is 6.54 Å². The van der Waals surface area contributed by atoms with Crippen LogP contribution in [0.2, 0.25) is 5.02 Å². The number of nitrogens with zero attached hydrogens (tertiary/aromatic N) is 5. The molecule has 0 aliphatic carbocycles. The lowest BCUT2D eigenvalue weighted by molar-refractivity contribution is -0.121. The molecule has 0 saturated heterocycles. The Kier molecular flexibility index (Phi) is 5.41. The van der Waals surface area contributed by atoms with E-state index >= 15 is 0 Å². The SMILES string of the molecule is CCCNC(=O)Cn1nc(C)c2nn(-c3ccc(Cl)cc3)c(-n3cccc3)c2c1=O. The fourth-order valence-corrected chi connectivity index (χ4v) is 3.43. The number of amides is 1. The Labute approximate surface area is 177 Å². The summed E-state index contributed by atoms with van der Waals surface area (Å²) in [6.45, 7) is 4.15. The number of hydrogen-bond acceptors (Lipinski definition) is 4. The molecule has 3 aromatic heterocycles. The van der Waals surface area contributed by atoms with Crippen LogP contribution in [-0.4, -0.2) is 36.6 Å². The normalized spacial score (nSPS) is 11.2. The third-order valence-electron chi connectivity index (χ3n) is 4.71. The van der Waals surface area contributed by atoms with Gasteiger partial charge in [-0.2, -0.15) is 10.2 Å². The lowest BCUT2D eigenvalue weighted by atomic mass is 10.2. The number of fused-ring (bicyclic) bond motifs is 1. The molecule has 4 aromatic rings. The molecule has 0 bridgehead atoms. The van der Waals surface area contributed by atoms with Gasteiger partial charge in [-0.25, -0.2) is 9.36 Å². The Morgan fingerprint density at radius 1 is 1.13 bits per heavy atom. The van der Waals surface area contributed by atoms with Crippen LogP contribution in [0.1, 0.15) is 19.0 Å². The van der Waals surface area contributed by atoms with Gasteiger partial charge in [0.2, 0.25) is 5.91 Å². The zero-order valence-electron chi connectivity index (χ0n) is 16.7. The average molecular weight is 425 g/mol. The van der Waals surface area contributed by atoms with Gasteiger partial charge in [-0.05, 0) is 49.7 Å². The van der Waals surface area contributed by atoms with Gasteiger partial charge in [0.05, 0.1) is 11.4 Å². The Morgan fingerprint density at radius 2 is 1.83 bits per heavy atom. The largest absolute Gasteiger partial charge is 0.355 e. The standard InChI is InChI=1S/C21H21ClN6O2/c1-3-10-23-17(29)13-27-21(30)18-19(14(2)24-27)25-28(16-8-6-15(22)7-9-16)20(18)26-11-4-5-12-26/h4-9,11-12H,3,10,13H2,1-2H3,(H,23,29). The van der Waals surface area contributed by atoms with Gasteiger partial charge in [-0.1, -0.05) is 18.5 Å². The molecule has 0 aliphatic rings. The second kappa shape index (κ2) is 8.16. The zero-order valence-corrected chi connectivity index (χ0v) is 17.4. The molecule has 0 spiro atoms. The lowest BCUT2D eigenvalue weighted by Gasteiger charge is -2.09. The maximum atomic E-state index is 13.3. The van der Waals surface area contributed by atoms with E-state index < -0.39 is 0 Å². The second-order valence-electron chi connectivity index (χ2n) is 6.92. The predicted octanol–water partition coefficient (Wildman–Crippen LogP) is 2.86. The fourth-order valence-electron chi connectivity index (χ4n) is 3.30. The molecule has 1 amide bonds. The minimum atomic E-state index is -0.369. The first kappa shape index (κ1) is 19.9. The summed E-state index contributed by atoms with van der Waals surface area (Å²) < 4.78 is 4.72. The van der Waals surface area contributed by atoms with E-state index in [4.69, 9.17) is 11.6 Å². The van der Waals surface area contributed by atoms with Gasteiger partial charge in [0, 0.05) is 24.0 Å². The number of nitrogens with one attached hydrogen (secondary N) is 1. The number of hydrogen-bond donors (Lipinski definition) is 1. The van der Waals surface area contributed by atoms with Crippen molar-refractivity contribution in [3.05, 3.63) is 69.9 Å². The minimum absolute atomic E-state index is 0.146. The zero-order chi connectivity index (χ0) is 21.3. The molecular formula is C21H21ClN6O2. The number of halogens is 1.